The Morgan fingerprint density at radius 1 is 1.38 bits per heavy atom. The zero-order valence-electron chi connectivity index (χ0n) is 9.91. The van der Waals surface area contributed by atoms with Gasteiger partial charge in [-0.1, -0.05) is 0 Å². The van der Waals surface area contributed by atoms with E-state index in [-0.39, 0.29) is 0 Å². The minimum absolute atomic E-state index is 0.531. The molecule has 0 radical (unpaired) electrons. The summed E-state index contributed by atoms with van der Waals surface area (Å²) in [5.41, 5.74) is 1.83. The first kappa shape index (κ1) is 11.6. The molecule has 3 heteroatoms. The molecule has 0 aromatic carbocycles. The second-order valence-electron chi connectivity index (χ2n) is 4.70. The van der Waals surface area contributed by atoms with Crippen LogP contribution in [0.1, 0.15) is 24.8 Å². The van der Waals surface area contributed by atoms with Gasteiger partial charge in [-0.05, 0) is 42.4 Å². The van der Waals surface area contributed by atoms with Crippen molar-refractivity contribution in [2.75, 3.05) is 20.3 Å². The molecule has 0 bridgehead atoms. The summed E-state index contributed by atoms with van der Waals surface area (Å²) < 4.78 is 5.15. The molecule has 3 nitrogen and oxygen atoms in total. The van der Waals surface area contributed by atoms with Gasteiger partial charge in [0.15, 0.2) is 0 Å². The third kappa shape index (κ3) is 3.29. The molecule has 0 unspecified atom stereocenters. The zero-order chi connectivity index (χ0) is 11.3. The lowest BCUT2D eigenvalue weighted by molar-refractivity contribution is 0.171. The Morgan fingerprint density at radius 3 is 2.75 bits per heavy atom. The summed E-state index contributed by atoms with van der Waals surface area (Å²) in [6, 6.07) is 4.11. The van der Waals surface area contributed by atoms with E-state index in [2.05, 4.69) is 22.4 Å². The van der Waals surface area contributed by atoms with E-state index in [0.29, 0.717) is 5.41 Å². The van der Waals surface area contributed by atoms with Gasteiger partial charge in [0.1, 0.15) is 0 Å². The summed E-state index contributed by atoms with van der Waals surface area (Å²) in [4.78, 5) is 4.01. The molecule has 2 rings (SSSR count). The molecular weight excluding hydrogens is 200 g/mol. The van der Waals surface area contributed by atoms with Gasteiger partial charge in [-0.15, -0.1) is 0 Å². The van der Waals surface area contributed by atoms with Crippen LogP contribution in [0.3, 0.4) is 0 Å². The van der Waals surface area contributed by atoms with Crippen molar-refractivity contribution in [1.82, 2.24) is 10.3 Å². The number of aromatic nitrogens is 1. The number of methoxy groups -OCH3 is 1. The van der Waals surface area contributed by atoms with Crippen LogP contribution in [-0.2, 0) is 11.3 Å². The average Bonchev–Trinajstić information content (AvgIpc) is 3.09. The Balaban J connectivity index is 1.68. The van der Waals surface area contributed by atoms with E-state index in [9.17, 15) is 0 Å². The maximum Gasteiger partial charge on any atom is 0.0468 e. The van der Waals surface area contributed by atoms with Crippen molar-refractivity contribution < 1.29 is 4.74 Å². The Hall–Kier alpha value is -0.930. The Bertz CT molecular complexity index is 309. The number of pyridine rings is 1. The number of hydrogen-bond donors (Lipinski definition) is 1. The van der Waals surface area contributed by atoms with E-state index >= 15 is 0 Å². The SMILES string of the molecule is COCCC1(CNCc2ccncc2)CC1. The summed E-state index contributed by atoms with van der Waals surface area (Å²) >= 11 is 0. The van der Waals surface area contributed by atoms with Crippen molar-refractivity contribution in [3.8, 4) is 0 Å². The van der Waals surface area contributed by atoms with Crippen LogP contribution in [0.5, 0.6) is 0 Å². The van der Waals surface area contributed by atoms with Crippen LogP contribution in [0.25, 0.3) is 0 Å². The Morgan fingerprint density at radius 2 is 2.12 bits per heavy atom. The van der Waals surface area contributed by atoms with E-state index in [1.54, 1.807) is 7.11 Å². The summed E-state index contributed by atoms with van der Waals surface area (Å²) in [5.74, 6) is 0. The molecule has 1 N–H and O–H groups in total. The second kappa shape index (κ2) is 5.41. The molecule has 0 spiro atoms. The molecule has 0 saturated heterocycles. The van der Waals surface area contributed by atoms with E-state index in [4.69, 9.17) is 4.74 Å². The fourth-order valence-electron chi connectivity index (χ4n) is 1.98. The first-order chi connectivity index (χ1) is 7.85. The highest BCUT2D eigenvalue weighted by molar-refractivity contribution is 5.09. The number of hydrogen-bond acceptors (Lipinski definition) is 3. The van der Waals surface area contributed by atoms with Crippen molar-refractivity contribution in [2.45, 2.75) is 25.8 Å². The summed E-state index contributed by atoms with van der Waals surface area (Å²) in [6.07, 6.45) is 7.57. The van der Waals surface area contributed by atoms with Crippen molar-refractivity contribution in [1.29, 1.82) is 0 Å². The fourth-order valence-corrected chi connectivity index (χ4v) is 1.98. The average molecular weight is 220 g/mol. The molecule has 1 fully saturated rings. The first-order valence-corrected chi connectivity index (χ1v) is 5.93. The van der Waals surface area contributed by atoms with Crippen LogP contribution >= 0.6 is 0 Å². The third-order valence-electron chi connectivity index (χ3n) is 3.37. The maximum absolute atomic E-state index is 5.15. The lowest BCUT2D eigenvalue weighted by Crippen LogP contribution is -2.24. The molecule has 1 saturated carbocycles. The van der Waals surface area contributed by atoms with Crippen LogP contribution in [0, 0.1) is 5.41 Å². The van der Waals surface area contributed by atoms with Gasteiger partial charge in [0.05, 0.1) is 0 Å². The van der Waals surface area contributed by atoms with Crippen molar-refractivity contribution >= 4 is 0 Å². The Kier molecular flexibility index (Phi) is 3.91. The highest BCUT2D eigenvalue weighted by Gasteiger charge is 2.41. The molecule has 88 valence electrons. The molecule has 0 amide bonds. The lowest BCUT2D eigenvalue weighted by Gasteiger charge is -2.15. The zero-order valence-corrected chi connectivity index (χ0v) is 9.91. The van der Waals surface area contributed by atoms with Crippen molar-refractivity contribution in [3.63, 3.8) is 0 Å². The van der Waals surface area contributed by atoms with Crippen LogP contribution in [0.4, 0.5) is 0 Å². The van der Waals surface area contributed by atoms with Crippen molar-refractivity contribution in [2.24, 2.45) is 5.41 Å². The summed E-state index contributed by atoms with van der Waals surface area (Å²) in [7, 11) is 1.78. The van der Waals surface area contributed by atoms with Gasteiger partial charge < -0.3 is 10.1 Å². The van der Waals surface area contributed by atoms with Gasteiger partial charge in [-0.25, -0.2) is 0 Å². The van der Waals surface area contributed by atoms with Gasteiger partial charge in [0.2, 0.25) is 0 Å². The van der Waals surface area contributed by atoms with E-state index in [0.717, 1.165) is 19.7 Å². The van der Waals surface area contributed by atoms with E-state index in [1.165, 1.54) is 24.8 Å². The van der Waals surface area contributed by atoms with Gasteiger partial charge in [-0.3, -0.25) is 4.98 Å². The standard InChI is InChI=1S/C13H20N2O/c1-16-9-6-13(4-5-13)11-15-10-12-2-7-14-8-3-12/h2-3,7-8,15H,4-6,9-11H2,1H3. The van der Waals surface area contributed by atoms with Gasteiger partial charge in [0, 0.05) is 39.2 Å². The van der Waals surface area contributed by atoms with Crippen LogP contribution in [0.2, 0.25) is 0 Å². The number of rotatable bonds is 7. The number of ether oxygens (including phenoxy) is 1. The highest BCUT2D eigenvalue weighted by Crippen LogP contribution is 2.48. The lowest BCUT2D eigenvalue weighted by atomic mass is 10.0. The van der Waals surface area contributed by atoms with Gasteiger partial charge in [-0.2, -0.15) is 0 Å². The van der Waals surface area contributed by atoms with Crippen LogP contribution in [0.15, 0.2) is 24.5 Å². The normalized spacial score (nSPS) is 17.3. The Labute approximate surface area is 97.2 Å². The molecule has 1 aromatic heterocycles. The topological polar surface area (TPSA) is 34.1 Å². The molecular formula is C13H20N2O. The van der Waals surface area contributed by atoms with Gasteiger partial charge >= 0.3 is 0 Å². The van der Waals surface area contributed by atoms with Crippen LogP contribution in [-0.4, -0.2) is 25.2 Å². The first-order valence-electron chi connectivity index (χ1n) is 5.93. The third-order valence-corrected chi connectivity index (χ3v) is 3.37. The molecule has 1 heterocycles. The second-order valence-corrected chi connectivity index (χ2v) is 4.70. The molecule has 16 heavy (non-hydrogen) atoms. The molecule has 0 aliphatic heterocycles. The predicted octanol–water partition coefficient (Wildman–Crippen LogP) is 1.99. The quantitative estimate of drug-likeness (QED) is 0.763. The number of nitrogens with zero attached hydrogens (tertiary/aromatic N) is 1. The smallest absolute Gasteiger partial charge is 0.0468 e. The van der Waals surface area contributed by atoms with Gasteiger partial charge in [0.25, 0.3) is 0 Å². The molecule has 1 aliphatic carbocycles. The monoisotopic (exact) mass is 220 g/mol. The molecule has 1 aromatic rings. The number of nitrogens with one attached hydrogen (secondary N) is 1. The minimum atomic E-state index is 0.531. The summed E-state index contributed by atoms with van der Waals surface area (Å²) in [5, 5.41) is 3.53. The van der Waals surface area contributed by atoms with E-state index in [1.807, 2.05) is 12.4 Å². The molecule has 0 atom stereocenters. The summed E-state index contributed by atoms with van der Waals surface area (Å²) in [6.45, 7) is 2.94. The molecule has 1 aliphatic rings. The van der Waals surface area contributed by atoms with Crippen LogP contribution < -0.4 is 5.32 Å². The maximum atomic E-state index is 5.15. The van der Waals surface area contributed by atoms with Crippen molar-refractivity contribution in [3.05, 3.63) is 30.1 Å². The highest BCUT2D eigenvalue weighted by atomic mass is 16.5. The predicted molar refractivity (Wildman–Crippen MR) is 64.1 cm³/mol. The largest absolute Gasteiger partial charge is 0.385 e. The minimum Gasteiger partial charge on any atom is -0.385 e. The van der Waals surface area contributed by atoms with E-state index < -0.39 is 0 Å². The fraction of sp³-hybridized carbons (Fsp3) is 0.615.